The number of carbonyl (C=O) groups excluding carboxylic acids is 1. The third kappa shape index (κ3) is 4.85. The minimum Gasteiger partial charge on any atom is -0.370 e. The van der Waals surface area contributed by atoms with E-state index < -0.39 is 0 Å². The molecule has 0 radical (unpaired) electrons. The average molecular weight is 235 g/mol. The Morgan fingerprint density at radius 3 is 2.82 bits per heavy atom. The standard InChI is InChI=1S/C13H21N3O/c1-3-5-8-16-13(17)11-6-9-15-12(10-11)14-7-4-2/h6,9-10H,3-5,7-8H2,1-2H3,(H,14,15)(H,16,17). The molecule has 0 aliphatic rings. The van der Waals surface area contributed by atoms with Gasteiger partial charge in [0.05, 0.1) is 0 Å². The van der Waals surface area contributed by atoms with E-state index in [0.29, 0.717) is 5.56 Å². The number of hydrogen-bond donors (Lipinski definition) is 2. The Hall–Kier alpha value is -1.58. The van der Waals surface area contributed by atoms with E-state index in [1.165, 1.54) is 0 Å². The molecule has 2 N–H and O–H groups in total. The van der Waals surface area contributed by atoms with Crippen LogP contribution in [0.3, 0.4) is 0 Å². The van der Waals surface area contributed by atoms with E-state index in [0.717, 1.165) is 38.2 Å². The second kappa shape index (κ2) is 7.65. The van der Waals surface area contributed by atoms with Gasteiger partial charge in [-0.1, -0.05) is 20.3 Å². The molecule has 1 aromatic heterocycles. The lowest BCUT2D eigenvalue weighted by atomic mass is 10.2. The first-order chi connectivity index (χ1) is 8.27. The largest absolute Gasteiger partial charge is 0.370 e. The maximum Gasteiger partial charge on any atom is 0.251 e. The summed E-state index contributed by atoms with van der Waals surface area (Å²) in [5, 5.41) is 6.05. The highest BCUT2D eigenvalue weighted by molar-refractivity contribution is 5.94. The zero-order valence-corrected chi connectivity index (χ0v) is 10.6. The van der Waals surface area contributed by atoms with Crippen LogP contribution in [0.25, 0.3) is 0 Å². The van der Waals surface area contributed by atoms with Crippen LogP contribution in [0.4, 0.5) is 5.82 Å². The minimum absolute atomic E-state index is 0.0274. The highest BCUT2D eigenvalue weighted by atomic mass is 16.1. The van der Waals surface area contributed by atoms with Gasteiger partial charge in [-0.25, -0.2) is 4.98 Å². The number of carbonyl (C=O) groups is 1. The molecule has 0 atom stereocenters. The van der Waals surface area contributed by atoms with Crippen molar-refractivity contribution in [2.24, 2.45) is 0 Å². The van der Waals surface area contributed by atoms with Gasteiger partial charge >= 0.3 is 0 Å². The van der Waals surface area contributed by atoms with Gasteiger partial charge in [0, 0.05) is 24.8 Å². The van der Waals surface area contributed by atoms with Gasteiger partial charge in [-0.2, -0.15) is 0 Å². The maximum absolute atomic E-state index is 11.8. The fourth-order valence-corrected chi connectivity index (χ4v) is 1.40. The number of amides is 1. The summed E-state index contributed by atoms with van der Waals surface area (Å²) in [5.74, 6) is 0.732. The van der Waals surface area contributed by atoms with Crippen LogP contribution in [-0.2, 0) is 0 Å². The molecule has 0 fully saturated rings. The molecule has 4 nitrogen and oxygen atoms in total. The Labute approximate surface area is 103 Å². The number of pyridine rings is 1. The SMILES string of the molecule is CCCCNC(=O)c1ccnc(NCCC)c1. The molecule has 1 amide bonds. The van der Waals surface area contributed by atoms with Crippen LogP contribution in [0.15, 0.2) is 18.3 Å². The van der Waals surface area contributed by atoms with E-state index in [9.17, 15) is 4.79 Å². The highest BCUT2D eigenvalue weighted by Gasteiger charge is 2.05. The summed E-state index contributed by atoms with van der Waals surface area (Å²) in [4.78, 5) is 15.9. The summed E-state index contributed by atoms with van der Waals surface area (Å²) in [6.07, 6.45) is 4.79. The number of rotatable bonds is 7. The van der Waals surface area contributed by atoms with Crippen molar-refractivity contribution in [3.8, 4) is 0 Å². The van der Waals surface area contributed by atoms with E-state index in [1.807, 2.05) is 0 Å². The van der Waals surface area contributed by atoms with Gasteiger partial charge in [-0.15, -0.1) is 0 Å². The fraction of sp³-hybridized carbons (Fsp3) is 0.538. The van der Waals surface area contributed by atoms with E-state index in [1.54, 1.807) is 18.3 Å². The van der Waals surface area contributed by atoms with Gasteiger partial charge in [-0.3, -0.25) is 4.79 Å². The molecule has 1 aromatic rings. The number of nitrogens with zero attached hydrogens (tertiary/aromatic N) is 1. The van der Waals surface area contributed by atoms with Crippen molar-refractivity contribution in [1.82, 2.24) is 10.3 Å². The smallest absolute Gasteiger partial charge is 0.251 e. The first-order valence-electron chi connectivity index (χ1n) is 6.26. The third-order valence-electron chi connectivity index (χ3n) is 2.39. The van der Waals surface area contributed by atoms with Gasteiger partial charge in [-0.05, 0) is 25.0 Å². The van der Waals surface area contributed by atoms with Crippen molar-refractivity contribution in [1.29, 1.82) is 0 Å². The second-order valence-corrected chi connectivity index (χ2v) is 3.97. The van der Waals surface area contributed by atoms with Crippen LogP contribution in [0.2, 0.25) is 0 Å². The summed E-state index contributed by atoms with van der Waals surface area (Å²) in [6, 6.07) is 3.52. The fourth-order valence-electron chi connectivity index (χ4n) is 1.40. The molecule has 17 heavy (non-hydrogen) atoms. The molecule has 4 heteroatoms. The average Bonchev–Trinajstić information content (AvgIpc) is 2.37. The predicted molar refractivity (Wildman–Crippen MR) is 70.3 cm³/mol. The molecule has 0 aliphatic heterocycles. The molecular weight excluding hydrogens is 214 g/mol. The number of anilines is 1. The maximum atomic E-state index is 11.8. The third-order valence-corrected chi connectivity index (χ3v) is 2.39. The Morgan fingerprint density at radius 2 is 2.12 bits per heavy atom. The molecule has 1 rings (SSSR count). The van der Waals surface area contributed by atoms with Crippen LogP contribution in [-0.4, -0.2) is 24.0 Å². The Bertz CT molecular complexity index is 352. The Morgan fingerprint density at radius 1 is 1.29 bits per heavy atom. The zero-order valence-electron chi connectivity index (χ0n) is 10.6. The molecular formula is C13H21N3O. The summed E-state index contributed by atoms with van der Waals surface area (Å²) in [7, 11) is 0. The number of unbranched alkanes of at least 4 members (excludes halogenated alkanes) is 1. The quantitative estimate of drug-likeness (QED) is 0.714. The summed E-state index contributed by atoms with van der Waals surface area (Å²) >= 11 is 0. The van der Waals surface area contributed by atoms with Gasteiger partial charge in [0.15, 0.2) is 0 Å². The van der Waals surface area contributed by atoms with Crippen molar-refractivity contribution < 1.29 is 4.79 Å². The van der Waals surface area contributed by atoms with Crippen LogP contribution >= 0.6 is 0 Å². The molecule has 94 valence electrons. The lowest BCUT2D eigenvalue weighted by Gasteiger charge is -2.07. The van der Waals surface area contributed by atoms with Gasteiger partial charge in [0.1, 0.15) is 5.82 Å². The topological polar surface area (TPSA) is 54.0 Å². The molecule has 0 saturated carbocycles. The van der Waals surface area contributed by atoms with Crippen molar-refractivity contribution in [2.45, 2.75) is 33.1 Å². The normalized spacial score (nSPS) is 10.0. The molecule has 0 bridgehead atoms. The second-order valence-electron chi connectivity index (χ2n) is 3.97. The van der Waals surface area contributed by atoms with Crippen molar-refractivity contribution in [3.63, 3.8) is 0 Å². The van der Waals surface area contributed by atoms with Crippen molar-refractivity contribution >= 4 is 11.7 Å². The number of nitrogens with one attached hydrogen (secondary N) is 2. The molecule has 0 unspecified atom stereocenters. The lowest BCUT2D eigenvalue weighted by Crippen LogP contribution is -2.24. The van der Waals surface area contributed by atoms with Gasteiger partial charge in [0.2, 0.25) is 0 Å². The van der Waals surface area contributed by atoms with E-state index in [-0.39, 0.29) is 5.91 Å². The Kier molecular flexibility index (Phi) is 6.07. The summed E-state index contributed by atoms with van der Waals surface area (Å²) in [5.41, 5.74) is 0.662. The van der Waals surface area contributed by atoms with Crippen LogP contribution in [0, 0.1) is 0 Å². The van der Waals surface area contributed by atoms with Crippen LogP contribution in [0.1, 0.15) is 43.5 Å². The molecule has 0 spiro atoms. The molecule has 1 heterocycles. The molecule has 0 aliphatic carbocycles. The minimum atomic E-state index is -0.0274. The van der Waals surface area contributed by atoms with E-state index >= 15 is 0 Å². The first kappa shape index (κ1) is 13.5. The molecule has 0 saturated heterocycles. The predicted octanol–water partition coefficient (Wildman–Crippen LogP) is 2.43. The monoisotopic (exact) mass is 235 g/mol. The van der Waals surface area contributed by atoms with Crippen LogP contribution in [0.5, 0.6) is 0 Å². The van der Waals surface area contributed by atoms with E-state index in [4.69, 9.17) is 0 Å². The lowest BCUT2D eigenvalue weighted by molar-refractivity contribution is 0.0953. The summed E-state index contributed by atoms with van der Waals surface area (Å²) in [6.45, 7) is 5.79. The Balaban J connectivity index is 2.54. The molecule has 0 aromatic carbocycles. The van der Waals surface area contributed by atoms with Crippen LogP contribution < -0.4 is 10.6 Å². The summed E-state index contributed by atoms with van der Waals surface area (Å²) < 4.78 is 0. The van der Waals surface area contributed by atoms with E-state index in [2.05, 4.69) is 29.5 Å². The number of hydrogen-bond acceptors (Lipinski definition) is 3. The van der Waals surface area contributed by atoms with Gasteiger partial charge < -0.3 is 10.6 Å². The first-order valence-corrected chi connectivity index (χ1v) is 6.26. The number of aromatic nitrogens is 1. The highest BCUT2D eigenvalue weighted by Crippen LogP contribution is 2.06. The van der Waals surface area contributed by atoms with Crippen molar-refractivity contribution in [3.05, 3.63) is 23.9 Å². The zero-order chi connectivity index (χ0) is 12.5. The van der Waals surface area contributed by atoms with Crippen molar-refractivity contribution in [2.75, 3.05) is 18.4 Å². The van der Waals surface area contributed by atoms with Gasteiger partial charge in [0.25, 0.3) is 5.91 Å².